The van der Waals surface area contributed by atoms with E-state index in [-0.39, 0.29) is 22.7 Å². The van der Waals surface area contributed by atoms with Crippen LogP contribution >= 0.6 is 0 Å². The van der Waals surface area contributed by atoms with Crippen molar-refractivity contribution >= 4 is 17.4 Å². The van der Waals surface area contributed by atoms with Crippen LogP contribution in [-0.4, -0.2) is 11.7 Å². The van der Waals surface area contributed by atoms with E-state index in [1.807, 2.05) is 31.2 Å². The molecule has 0 radical (unpaired) electrons. The Balaban J connectivity index is 1.70. The van der Waals surface area contributed by atoms with Crippen LogP contribution in [0.4, 0.5) is 5.69 Å². The second-order valence-electron chi connectivity index (χ2n) is 7.79. The lowest BCUT2D eigenvalue weighted by atomic mass is 9.70. The number of nitrogens with one attached hydrogen (secondary N) is 1. The molecule has 1 amide bonds. The van der Waals surface area contributed by atoms with Crippen LogP contribution in [0.25, 0.3) is 0 Å². The van der Waals surface area contributed by atoms with E-state index in [1.54, 1.807) is 0 Å². The van der Waals surface area contributed by atoms with Gasteiger partial charge in [0.15, 0.2) is 0 Å². The van der Waals surface area contributed by atoms with Gasteiger partial charge in [0.1, 0.15) is 5.78 Å². The van der Waals surface area contributed by atoms with Crippen LogP contribution in [0.3, 0.4) is 0 Å². The molecule has 0 spiro atoms. The molecule has 3 atom stereocenters. The Hall–Kier alpha value is -1.64. The Kier molecular flexibility index (Phi) is 3.42. The zero-order valence-electron chi connectivity index (χ0n) is 13.9. The van der Waals surface area contributed by atoms with E-state index in [0.717, 1.165) is 24.1 Å². The molecule has 0 heterocycles. The number of rotatable bonds is 3. The van der Waals surface area contributed by atoms with Gasteiger partial charge in [0.05, 0.1) is 0 Å². The first kappa shape index (κ1) is 15.3. The molecule has 22 heavy (non-hydrogen) atoms. The van der Waals surface area contributed by atoms with Crippen LogP contribution in [0.15, 0.2) is 24.3 Å². The number of aryl methyl sites for hydroxylation is 1. The molecule has 118 valence electrons. The molecule has 1 N–H and O–H groups in total. The second kappa shape index (κ2) is 4.94. The molecule has 1 aromatic rings. The van der Waals surface area contributed by atoms with E-state index < -0.39 is 0 Å². The minimum atomic E-state index is -0.244. The zero-order valence-corrected chi connectivity index (χ0v) is 13.9. The summed E-state index contributed by atoms with van der Waals surface area (Å²) in [7, 11) is 0. The summed E-state index contributed by atoms with van der Waals surface area (Å²) in [4.78, 5) is 25.1. The van der Waals surface area contributed by atoms with Crippen LogP contribution in [0, 0.1) is 29.6 Å². The zero-order chi connectivity index (χ0) is 16.1. The standard InChI is InChI=1S/C19H25NO2/c1-12-5-7-13(8-6-12)20-16(21)11-14-15-9-10-19(4,17(14)22)18(15,2)3/h5-8,14-15H,9-11H2,1-4H3,(H,20,21)/t14-,15+,19+/m0/s1. The first-order valence-electron chi connectivity index (χ1n) is 8.16. The molecule has 2 aliphatic carbocycles. The van der Waals surface area contributed by atoms with E-state index in [4.69, 9.17) is 0 Å². The molecule has 0 unspecified atom stereocenters. The summed E-state index contributed by atoms with van der Waals surface area (Å²) in [5.74, 6) is 0.481. The van der Waals surface area contributed by atoms with E-state index in [0.29, 0.717) is 18.1 Å². The van der Waals surface area contributed by atoms with Crippen LogP contribution in [0.1, 0.15) is 45.6 Å². The van der Waals surface area contributed by atoms with Gasteiger partial charge in [0.2, 0.25) is 5.91 Å². The summed E-state index contributed by atoms with van der Waals surface area (Å²) in [6, 6.07) is 7.76. The minimum absolute atomic E-state index is 0.0128. The fourth-order valence-corrected chi connectivity index (χ4v) is 4.56. The maximum Gasteiger partial charge on any atom is 0.225 e. The molecule has 3 rings (SSSR count). The number of amides is 1. The highest BCUT2D eigenvalue weighted by Gasteiger charge is 2.66. The van der Waals surface area contributed by atoms with Gasteiger partial charge in [-0.3, -0.25) is 9.59 Å². The Morgan fingerprint density at radius 1 is 1.23 bits per heavy atom. The molecular weight excluding hydrogens is 274 g/mol. The number of ketones is 1. The molecule has 2 aliphatic rings. The van der Waals surface area contributed by atoms with Crippen molar-refractivity contribution in [3.8, 4) is 0 Å². The monoisotopic (exact) mass is 299 g/mol. The fraction of sp³-hybridized carbons (Fsp3) is 0.579. The molecule has 2 fully saturated rings. The van der Waals surface area contributed by atoms with Crippen molar-refractivity contribution in [1.82, 2.24) is 0 Å². The summed E-state index contributed by atoms with van der Waals surface area (Å²) in [5.41, 5.74) is 1.73. The second-order valence-corrected chi connectivity index (χ2v) is 7.79. The quantitative estimate of drug-likeness (QED) is 0.918. The van der Waals surface area contributed by atoms with Crippen LogP contribution in [-0.2, 0) is 9.59 Å². The number of hydrogen-bond acceptors (Lipinski definition) is 2. The summed E-state index contributed by atoms with van der Waals surface area (Å²) in [6.07, 6.45) is 2.35. The number of anilines is 1. The average Bonchev–Trinajstić information content (AvgIpc) is 2.76. The molecule has 3 heteroatoms. The van der Waals surface area contributed by atoms with Gasteiger partial charge in [0, 0.05) is 23.4 Å². The number of fused-ring (bicyclic) bond motifs is 2. The average molecular weight is 299 g/mol. The largest absolute Gasteiger partial charge is 0.326 e. The van der Waals surface area contributed by atoms with E-state index in [9.17, 15) is 9.59 Å². The normalized spacial score (nSPS) is 32.3. The van der Waals surface area contributed by atoms with E-state index in [1.165, 1.54) is 0 Å². The van der Waals surface area contributed by atoms with Gasteiger partial charge in [-0.1, -0.05) is 38.5 Å². The maximum absolute atomic E-state index is 12.8. The summed E-state index contributed by atoms with van der Waals surface area (Å²) in [6.45, 7) is 8.50. The third-order valence-electron chi connectivity index (χ3n) is 6.41. The molecule has 0 aromatic heterocycles. The van der Waals surface area contributed by atoms with Crippen molar-refractivity contribution in [2.45, 2.75) is 47.0 Å². The van der Waals surface area contributed by atoms with Gasteiger partial charge < -0.3 is 5.32 Å². The number of carbonyl (C=O) groups is 2. The van der Waals surface area contributed by atoms with Crippen molar-refractivity contribution in [2.24, 2.45) is 22.7 Å². The topological polar surface area (TPSA) is 46.2 Å². The van der Waals surface area contributed by atoms with Gasteiger partial charge in [0.25, 0.3) is 0 Å². The Labute approximate surface area is 132 Å². The first-order chi connectivity index (χ1) is 10.3. The molecule has 2 bridgehead atoms. The van der Waals surface area contributed by atoms with Crippen molar-refractivity contribution < 1.29 is 9.59 Å². The highest BCUT2D eigenvalue weighted by atomic mass is 16.2. The third kappa shape index (κ3) is 2.10. The van der Waals surface area contributed by atoms with Gasteiger partial charge in [-0.2, -0.15) is 0 Å². The van der Waals surface area contributed by atoms with E-state index in [2.05, 4.69) is 26.1 Å². The minimum Gasteiger partial charge on any atom is -0.326 e. The van der Waals surface area contributed by atoms with Crippen molar-refractivity contribution in [2.75, 3.05) is 5.32 Å². The van der Waals surface area contributed by atoms with E-state index >= 15 is 0 Å². The summed E-state index contributed by atoms with van der Waals surface area (Å²) in [5, 5.41) is 2.92. The highest BCUT2D eigenvalue weighted by Crippen LogP contribution is 2.66. The third-order valence-corrected chi connectivity index (χ3v) is 6.41. The lowest BCUT2D eigenvalue weighted by Crippen LogP contribution is -2.34. The molecule has 2 saturated carbocycles. The van der Waals surface area contributed by atoms with Crippen molar-refractivity contribution in [3.63, 3.8) is 0 Å². The number of Topliss-reactive ketones (excluding diaryl/α,β-unsaturated/α-hetero) is 1. The SMILES string of the molecule is Cc1ccc(NC(=O)C[C@@H]2C(=O)[C@@]3(C)CC[C@H]2C3(C)C)cc1. The molecule has 1 aromatic carbocycles. The molecule has 3 nitrogen and oxygen atoms in total. The van der Waals surface area contributed by atoms with Crippen LogP contribution in [0.5, 0.6) is 0 Å². The maximum atomic E-state index is 12.8. The Morgan fingerprint density at radius 2 is 1.86 bits per heavy atom. The number of benzene rings is 1. The lowest BCUT2D eigenvalue weighted by molar-refractivity contribution is -0.133. The number of hydrogen-bond donors (Lipinski definition) is 1. The summed E-state index contributed by atoms with van der Waals surface area (Å²) < 4.78 is 0. The highest BCUT2D eigenvalue weighted by molar-refractivity contribution is 5.98. The van der Waals surface area contributed by atoms with Crippen LogP contribution in [0.2, 0.25) is 0 Å². The summed E-state index contributed by atoms with van der Waals surface area (Å²) >= 11 is 0. The van der Waals surface area contributed by atoms with Gasteiger partial charge in [-0.25, -0.2) is 0 Å². The number of carbonyl (C=O) groups excluding carboxylic acids is 2. The molecule has 0 aliphatic heterocycles. The predicted molar refractivity (Wildman–Crippen MR) is 87.5 cm³/mol. The molecular formula is C19H25NO2. The fourth-order valence-electron chi connectivity index (χ4n) is 4.56. The van der Waals surface area contributed by atoms with Crippen molar-refractivity contribution in [1.29, 1.82) is 0 Å². The van der Waals surface area contributed by atoms with Crippen molar-refractivity contribution in [3.05, 3.63) is 29.8 Å². The smallest absolute Gasteiger partial charge is 0.225 e. The van der Waals surface area contributed by atoms with Gasteiger partial charge in [-0.05, 0) is 43.2 Å². The van der Waals surface area contributed by atoms with Crippen LogP contribution < -0.4 is 5.32 Å². The Bertz CT molecular complexity index is 617. The van der Waals surface area contributed by atoms with Gasteiger partial charge >= 0.3 is 0 Å². The Morgan fingerprint density at radius 3 is 2.41 bits per heavy atom. The lowest BCUT2D eigenvalue weighted by Gasteiger charge is -2.32. The first-order valence-corrected chi connectivity index (χ1v) is 8.16. The van der Waals surface area contributed by atoms with Gasteiger partial charge in [-0.15, -0.1) is 0 Å². The molecule has 0 saturated heterocycles. The predicted octanol–water partition coefficient (Wildman–Crippen LogP) is 3.97.